The van der Waals surface area contributed by atoms with Crippen LogP contribution in [0.1, 0.15) is 72.6 Å². The third-order valence-electron chi connectivity index (χ3n) is 10.1. The van der Waals surface area contributed by atoms with Gasteiger partial charge in [-0.05, 0) is 92.1 Å². The number of carbonyl (C=O) groups is 1. The smallest absolute Gasteiger partial charge is 0.302 e. The van der Waals surface area contributed by atoms with Crippen LogP contribution in [0.15, 0.2) is 46.9 Å². The molecule has 1 aromatic rings. The van der Waals surface area contributed by atoms with Gasteiger partial charge in [0.25, 0.3) is 0 Å². The van der Waals surface area contributed by atoms with Crippen LogP contribution in [0.3, 0.4) is 0 Å². The lowest BCUT2D eigenvalue weighted by atomic mass is 9.47. The van der Waals surface area contributed by atoms with Gasteiger partial charge in [-0.25, -0.2) is 0 Å². The second-order valence-corrected chi connectivity index (χ2v) is 13.0. The third-order valence-corrected chi connectivity index (χ3v) is 11.3. The van der Waals surface area contributed by atoms with E-state index in [0.717, 1.165) is 25.7 Å². The normalized spacial score (nSPS) is 43.0. The zero-order valence-electron chi connectivity index (χ0n) is 20.6. The first kappa shape index (κ1) is 23.5. The summed E-state index contributed by atoms with van der Waals surface area (Å²) >= 11 is 2.03. The van der Waals surface area contributed by atoms with Crippen LogP contribution in [0.4, 0.5) is 0 Å². The molecule has 0 saturated heterocycles. The quantitative estimate of drug-likeness (QED) is 0.397. The highest BCUT2D eigenvalue weighted by molar-refractivity contribution is 8.00. The van der Waals surface area contributed by atoms with Crippen LogP contribution in [0.2, 0.25) is 0 Å². The number of carbonyl (C=O) groups excluding carboxylic acids is 1. The number of fused-ring (bicyclic) bond motifs is 5. The van der Waals surface area contributed by atoms with E-state index in [9.17, 15) is 9.90 Å². The van der Waals surface area contributed by atoms with Crippen LogP contribution in [0.5, 0.6) is 0 Å². The second kappa shape index (κ2) is 8.75. The third kappa shape index (κ3) is 3.99. The highest BCUT2D eigenvalue weighted by atomic mass is 32.2. The van der Waals surface area contributed by atoms with Gasteiger partial charge in [-0.1, -0.05) is 43.7 Å². The molecule has 3 fully saturated rings. The van der Waals surface area contributed by atoms with Gasteiger partial charge in [0, 0.05) is 23.5 Å². The first-order valence-electron chi connectivity index (χ1n) is 13.0. The fourth-order valence-corrected chi connectivity index (χ4v) is 9.92. The molecule has 180 valence electrons. The molecule has 4 aliphatic carbocycles. The number of esters is 1. The molecular weight excluding hydrogens is 428 g/mol. The molecule has 3 saturated carbocycles. The molecule has 0 aliphatic heterocycles. The van der Waals surface area contributed by atoms with Crippen molar-refractivity contribution in [3.05, 3.63) is 42.0 Å². The minimum Gasteiger partial charge on any atom is -0.462 e. The van der Waals surface area contributed by atoms with Crippen LogP contribution < -0.4 is 0 Å². The van der Waals surface area contributed by atoms with Gasteiger partial charge in [-0.3, -0.25) is 4.79 Å². The Morgan fingerprint density at radius 1 is 1.09 bits per heavy atom. The van der Waals surface area contributed by atoms with Gasteiger partial charge < -0.3 is 9.84 Å². The molecule has 4 heteroatoms. The lowest BCUT2D eigenvalue weighted by molar-refractivity contribution is -0.148. The monoisotopic (exact) mass is 468 g/mol. The van der Waals surface area contributed by atoms with Crippen molar-refractivity contribution >= 4 is 17.7 Å². The van der Waals surface area contributed by atoms with E-state index in [1.165, 1.54) is 36.7 Å². The molecule has 0 heterocycles. The maximum atomic E-state index is 11.7. The topological polar surface area (TPSA) is 46.5 Å². The van der Waals surface area contributed by atoms with E-state index in [2.05, 4.69) is 50.3 Å². The van der Waals surface area contributed by atoms with Gasteiger partial charge in [0.15, 0.2) is 0 Å². The van der Waals surface area contributed by atoms with E-state index >= 15 is 0 Å². The Hall–Kier alpha value is -1.26. The standard InChI is InChI=1S/C29H40O3S/c1-18(30)23-10-11-24-27-25(13-15-29(23,24)4)28(3)14-12-21(32-19(2)31)16-20(28)17-26(27)33-22-8-6-5-7-9-22/h5-9,17-18,21,23-27,30H,10-16H2,1-4H3/t18-,21+,23-,24+,25+,26+,27+,28+,29-/m1/s1. The SMILES string of the molecule is CC(=O)O[C@H]1CC[C@@]2(C)C(=C[C@H](Sc3ccccc3)[C@H]3[C@@H]4CC[C@H]([C@@H](C)O)[C@@]4(C)CC[C@@H]32)C1. The van der Waals surface area contributed by atoms with Crippen LogP contribution >= 0.6 is 11.8 Å². The zero-order valence-corrected chi connectivity index (χ0v) is 21.4. The van der Waals surface area contributed by atoms with Crippen molar-refractivity contribution < 1.29 is 14.6 Å². The molecule has 9 atom stereocenters. The Kier molecular flexibility index (Phi) is 6.23. The fraction of sp³-hybridized carbons (Fsp3) is 0.690. The minimum absolute atomic E-state index is 0.0284. The molecule has 0 amide bonds. The summed E-state index contributed by atoms with van der Waals surface area (Å²) in [4.78, 5) is 13.0. The van der Waals surface area contributed by atoms with Gasteiger partial charge in [0.05, 0.1) is 6.10 Å². The number of hydrogen-bond donors (Lipinski definition) is 1. The summed E-state index contributed by atoms with van der Waals surface area (Å²) < 4.78 is 5.69. The van der Waals surface area contributed by atoms with Crippen molar-refractivity contribution in [1.82, 2.24) is 0 Å². The molecule has 0 radical (unpaired) electrons. The van der Waals surface area contributed by atoms with Crippen molar-refractivity contribution in [3.63, 3.8) is 0 Å². The molecule has 0 unspecified atom stereocenters. The van der Waals surface area contributed by atoms with Crippen LogP contribution in [-0.2, 0) is 9.53 Å². The maximum Gasteiger partial charge on any atom is 0.302 e. The highest BCUT2D eigenvalue weighted by Crippen LogP contribution is 2.68. The summed E-state index contributed by atoms with van der Waals surface area (Å²) in [5, 5.41) is 11.1. The lowest BCUT2D eigenvalue weighted by Gasteiger charge is -2.60. The van der Waals surface area contributed by atoms with Gasteiger partial charge in [0.1, 0.15) is 6.10 Å². The Balaban J connectivity index is 1.53. The largest absolute Gasteiger partial charge is 0.462 e. The number of hydrogen-bond acceptors (Lipinski definition) is 4. The van der Waals surface area contributed by atoms with Crippen LogP contribution in [-0.4, -0.2) is 28.5 Å². The molecule has 1 aromatic carbocycles. The van der Waals surface area contributed by atoms with Gasteiger partial charge in [0.2, 0.25) is 0 Å². The zero-order chi connectivity index (χ0) is 23.4. The van der Waals surface area contributed by atoms with E-state index in [-0.39, 0.29) is 29.0 Å². The summed E-state index contributed by atoms with van der Waals surface area (Å²) in [5.74, 6) is 2.23. The molecule has 0 spiro atoms. The van der Waals surface area contributed by atoms with E-state index in [1.807, 2.05) is 18.7 Å². The van der Waals surface area contributed by atoms with E-state index in [4.69, 9.17) is 4.74 Å². The number of aliphatic hydroxyl groups excluding tert-OH is 1. The summed E-state index contributed by atoms with van der Waals surface area (Å²) in [5.41, 5.74) is 1.98. The Morgan fingerprint density at radius 3 is 2.55 bits per heavy atom. The molecule has 0 aromatic heterocycles. The van der Waals surface area contributed by atoms with Crippen LogP contribution in [0.25, 0.3) is 0 Å². The predicted molar refractivity (Wildman–Crippen MR) is 134 cm³/mol. The number of benzene rings is 1. The average Bonchev–Trinajstić information content (AvgIpc) is 3.12. The van der Waals surface area contributed by atoms with Gasteiger partial charge >= 0.3 is 5.97 Å². The summed E-state index contributed by atoms with van der Waals surface area (Å²) in [7, 11) is 0. The van der Waals surface area contributed by atoms with Crippen molar-refractivity contribution in [2.75, 3.05) is 0 Å². The van der Waals surface area contributed by atoms with E-state index < -0.39 is 0 Å². The first-order valence-corrected chi connectivity index (χ1v) is 13.9. The second-order valence-electron chi connectivity index (χ2n) is 11.7. The molecular formula is C29H40O3S. The maximum absolute atomic E-state index is 11.7. The number of ether oxygens (including phenoxy) is 1. The molecule has 3 nitrogen and oxygen atoms in total. The van der Waals surface area contributed by atoms with Crippen molar-refractivity contribution in [2.45, 2.75) is 95.0 Å². The molecule has 4 aliphatic rings. The Labute approximate surface area is 203 Å². The van der Waals surface area contributed by atoms with Crippen molar-refractivity contribution in [1.29, 1.82) is 0 Å². The van der Waals surface area contributed by atoms with Crippen molar-refractivity contribution in [2.24, 2.45) is 34.5 Å². The first-order chi connectivity index (χ1) is 15.7. The van der Waals surface area contributed by atoms with E-state index in [1.54, 1.807) is 0 Å². The fourth-order valence-electron chi connectivity index (χ4n) is 8.53. The number of aliphatic hydroxyl groups is 1. The Morgan fingerprint density at radius 2 is 1.85 bits per heavy atom. The van der Waals surface area contributed by atoms with Crippen molar-refractivity contribution in [3.8, 4) is 0 Å². The van der Waals surface area contributed by atoms with E-state index in [0.29, 0.717) is 28.9 Å². The molecule has 33 heavy (non-hydrogen) atoms. The van der Waals surface area contributed by atoms with Crippen LogP contribution in [0, 0.1) is 34.5 Å². The lowest BCUT2D eigenvalue weighted by Crippen LogP contribution is -2.54. The predicted octanol–water partition coefficient (Wildman–Crippen LogP) is 6.65. The van der Waals surface area contributed by atoms with Gasteiger partial charge in [-0.15, -0.1) is 11.8 Å². The summed E-state index contributed by atoms with van der Waals surface area (Å²) in [6, 6.07) is 10.9. The molecule has 5 rings (SSSR count). The average molecular weight is 469 g/mol. The summed E-state index contributed by atoms with van der Waals surface area (Å²) in [6.07, 6.45) is 10.3. The molecule has 0 bridgehead atoms. The minimum atomic E-state index is -0.221. The highest BCUT2D eigenvalue weighted by Gasteiger charge is 2.61. The van der Waals surface area contributed by atoms with Gasteiger partial charge in [-0.2, -0.15) is 0 Å². The number of thioether (sulfide) groups is 1. The number of rotatable bonds is 4. The Bertz CT molecular complexity index is 911. The molecule has 1 N–H and O–H groups in total. The summed E-state index contributed by atoms with van der Waals surface area (Å²) in [6.45, 7) is 8.54.